The minimum atomic E-state index is -0.439. The number of anilines is 1. The largest absolute Gasteiger partial charge is 0.344 e. The number of aromatic nitrogens is 1. The molecular weight excluding hydrogens is 254 g/mol. The number of hydrogen-bond donors (Lipinski definition) is 1. The molecule has 0 aliphatic carbocycles. The second-order valence-electron chi connectivity index (χ2n) is 5.71. The third kappa shape index (κ3) is 3.35. The van der Waals surface area contributed by atoms with Gasteiger partial charge in [0.1, 0.15) is 6.04 Å². The zero-order chi connectivity index (χ0) is 14.7. The Labute approximate surface area is 119 Å². The van der Waals surface area contributed by atoms with Gasteiger partial charge in [0.15, 0.2) is 0 Å². The quantitative estimate of drug-likeness (QED) is 0.912. The van der Waals surface area contributed by atoms with Gasteiger partial charge >= 0.3 is 0 Å². The van der Waals surface area contributed by atoms with Crippen molar-refractivity contribution in [1.82, 2.24) is 10.3 Å². The number of rotatable bonds is 3. The molecule has 1 aromatic rings. The molecule has 1 aliphatic heterocycles. The van der Waals surface area contributed by atoms with E-state index in [0.29, 0.717) is 25.3 Å². The Bertz CT molecular complexity index is 514. The van der Waals surface area contributed by atoms with Gasteiger partial charge in [0.25, 0.3) is 0 Å². The molecular formula is C15H21N3O2. The maximum Gasteiger partial charge on any atom is 0.249 e. The summed E-state index contributed by atoms with van der Waals surface area (Å²) in [5.41, 5.74) is 1.76. The summed E-state index contributed by atoms with van der Waals surface area (Å²) in [5.74, 6) is 0.240. The predicted molar refractivity (Wildman–Crippen MR) is 77.3 cm³/mol. The van der Waals surface area contributed by atoms with Crippen LogP contribution in [0.15, 0.2) is 18.5 Å². The van der Waals surface area contributed by atoms with Gasteiger partial charge in [-0.1, -0.05) is 13.8 Å². The van der Waals surface area contributed by atoms with E-state index in [-0.39, 0.29) is 11.8 Å². The van der Waals surface area contributed by atoms with Gasteiger partial charge in [0, 0.05) is 19.2 Å². The monoisotopic (exact) mass is 275 g/mol. The summed E-state index contributed by atoms with van der Waals surface area (Å²) in [6.45, 7) is 6.43. The number of carbonyl (C=O) groups excluding carboxylic acids is 2. The molecule has 0 radical (unpaired) electrons. The fourth-order valence-electron chi connectivity index (χ4n) is 2.41. The first kappa shape index (κ1) is 14.5. The third-order valence-electron chi connectivity index (χ3n) is 3.34. The molecule has 0 bridgehead atoms. The number of amides is 2. The summed E-state index contributed by atoms with van der Waals surface area (Å²) in [5, 5.41) is 2.82. The van der Waals surface area contributed by atoms with Gasteiger partial charge in [0.2, 0.25) is 11.8 Å². The van der Waals surface area contributed by atoms with Crippen molar-refractivity contribution in [2.45, 2.75) is 39.7 Å². The number of hydrogen-bond acceptors (Lipinski definition) is 3. The molecule has 0 aromatic carbocycles. The molecule has 2 rings (SSSR count). The van der Waals surface area contributed by atoms with Crippen molar-refractivity contribution >= 4 is 17.5 Å². The average molecular weight is 275 g/mol. The van der Waals surface area contributed by atoms with Crippen molar-refractivity contribution in [3.05, 3.63) is 24.0 Å². The molecule has 0 spiro atoms. The van der Waals surface area contributed by atoms with E-state index in [0.717, 1.165) is 11.3 Å². The van der Waals surface area contributed by atoms with E-state index in [1.54, 1.807) is 17.3 Å². The summed E-state index contributed by atoms with van der Waals surface area (Å²) in [7, 11) is 0. The van der Waals surface area contributed by atoms with Crippen LogP contribution in [0.4, 0.5) is 5.69 Å². The topological polar surface area (TPSA) is 62.3 Å². The fraction of sp³-hybridized carbons (Fsp3) is 0.533. The Hall–Kier alpha value is -1.91. The van der Waals surface area contributed by atoms with Crippen LogP contribution < -0.4 is 10.2 Å². The first-order valence-corrected chi connectivity index (χ1v) is 6.99. The van der Waals surface area contributed by atoms with Crippen molar-refractivity contribution in [2.75, 3.05) is 11.4 Å². The first-order valence-electron chi connectivity index (χ1n) is 6.99. The lowest BCUT2D eigenvalue weighted by molar-refractivity contribution is -0.125. The van der Waals surface area contributed by atoms with Crippen LogP contribution in [0.5, 0.6) is 0 Å². The molecule has 1 aliphatic rings. The van der Waals surface area contributed by atoms with E-state index >= 15 is 0 Å². The van der Waals surface area contributed by atoms with Crippen LogP contribution >= 0.6 is 0 Å². The van der Waals surface area contributed by atoms with Crippen molar-refractivity contribution in [3.63, 3.8) is 0 Å². The summed E-state index contributed by atoms with van der Waals surface area (Å²) < 4.78 is 0. The highest BCUT2D eigenvalue weighted by atomic mass is 16.2. The molecule has 1 fully saturated rings. The number of aryl methyl sites for hydroxylation is 1. The van der Waals surface area contributed by atoms with Crippen LogP contribution in [0.1, 0.15) is 32.3 Å². The molecule has 2 heterocycles. The highest BCUT2D eigenvalue weighted by molar-refractivity contribution is 6.01. The second-order valence-corrected chi connectivity index (χ2v) is 5.71. The number of nitrogens with zero attached hydrogens (tertiary/aromatic N) is 2. The highest BCUT2D eigenvalue weighted by Crippen LogP contribution is 2.20. The molecule has 1 aromatic heterocycles. The molecule has 108 valence electrons. The van der Waals surface area contributed by atoms with E-state index in [1.807, 2.05) is 26.8 Å². The molecule has 1 unspecified atom stereocenters. The van der Waals surface area contributed by atoms with Gasteiger partial charge < -0.3 is 10.2 Å². The number of carbonyl (C=O) groups is 2. The van der Waals surface area contributed by atoms with Gasteiger partial charge in [-0.3, -0.25) is 14.6 Å². The minimum absolute atomic E-state index is 0.0445. The number of nitrogens with one attached hydrogen (secondary N) is 1. The van der Waals surface area contributed by atoms with E-state index in [1.165, 1.54) is 0 Å². The van der Waals surface area contributed by atoms with Gasteiger partial charge in [-0.25, -0.2) is 0 Å². The highest BCUT2D eigenvalue weighted by Gasteiger charge is 2.31. The van der Waals surface area contributed by atoms with Crippen LogP contribution in [0, 0.1) is 12.8 Å². The van der Waals surface area contributed by atoms with Crippen LogP contribution in [0.2, 0.25) is 0 Å². The van der Waals surface area contributed by atoms with Crippen molar-refractivity contribution < 1.29 is 9.59 Å². The Morgan fingerprint density at radius 3 is 2.80 bits per heavy atom. The number of pyridine rings is 1. The van der Waals surface area contributed by atoms with Crippen LogP contribution in [0.3, 0.4) is 0 Å². The summed E-state index contributed by atoms with van der Waals surface area (Å²) in [6.07, 6.45) is 4.41. The molecule has 2 amide bonds. The Kier molecular flexibility index (Phi) is 4.37. The Balaban J connectivity index is 2.27. The van der Waals surface area contributed by atoms with Gasteiger partial charge in [-0.2, -0.15) is 0 Å². The minimum Gasteiger partial charge on any atom is -0.344 e. The first-order chi connectivity index (χ1) is 9.47. The van der Waals surface area contributed by atoms with Gasteiger partial charge in [0.05, 0.1) is 11.9 Å². The van der Waals surface area contributed by atoms with Gasteiger partial charge in [-0.05, 0) is 30.9 Å². The van der Waals surface area contributed by atoms with E-state index in [4.69, 9.17) is 0 Å². The Morgan fingerprint density at radius 1 is 1.40 bits per heavy atom. The summed E-state index contributed by atoms with van der Waals surface area (Å²) in [4.78, 5) is 30.2. The lowest BCUT2D eigenvalue weighted by Gasteiger charge is -2.25. The van der Waals surface area contributed by atoms with Gasteiger partial charge in [-0.15, -0.1) is 0 Å². The molecule has 1 saturated heterocycles. The molecule has 0 saturated carbocycles. The Morgan fingerprint density at radius 2 is 2.15 bits per heavy atom. The lowest BCUT2D eigenvalue weighted by atomic mass is 10.0. The van der Waals surface area contributed by atoms with E-state index in [2.05, 4.69) is 10.3 Å². The third-order valence-corrected chi connectivity index (χ3v) is 3.34. The van der Waals surface area contributed by atoms with E-state index in [9.17, 15) is 9.59 Å². The van der Waals surface area contributed by atoms with Crippen LogP contribution in [0.25, 0.3) is 0 Å². The zero-order valence-electron chi connectivity index (χ0n) is 12.2. The van der Waals surface area contributed by atoms with E-state index < -0.39 is 6.04 Å². The predicted octanol–water partition coefficient (Wildman–Crippen LogP) is 1.66. The summed E-state index contributed by atoms with van der Waals surface area (Å²) in [6, 6.07) is 1.48. The maximum absolute atomic E-state index is 12.6. The van der Waals surface area contributed by atoms with Crippen molar-refractivity contribution in [2.24, 2.45) is 5.92 Å². The standard InChI is InChI=1S/C15H21N3O2/c1-10(2)6-13-15(20)18(5-4-14(19)17-13)12-7-11(3)8-16-9-12/h7-10,13H,4-6H2,1-3H3,(H,17,19). The van der Waals surface area contributed by atoms with Crippen molar-refractivity contribution in [1.29, 1.82) is 0 Å². The normalized spacial score (nSPS) is 20.0. The molecule has 5 nitrogen and oxygen atoms in total. The van der Waals surface area contributed by atoms with Crippen LogP contribution in [-0.4, -0.2) is 29.4 Å². The second kappa shape index (κ2) is 6.03. The van der Waals surface area contributed by atoms with Crippen molar-refractivity contribution in [3.8, 4) is 0 Å². The smallest absolute Gasteiger partial charge is 0.249 e. The molecule has 1 atom stereocenters. The average Bonchev–Trinajstić information content (AvgIpc) is 2.49. The SMILES string of the molecule is Cc1cncc(N2CCC(=O)NC(CC(C)C)C2=O)c1. The molecule has 20 heavy (non-hydrogen) atoms. The fourth-order valence-corrected chi connectivity index (χ4v) is 2.41. The molecule has 1 N–H and O–H groups in total. The lowest BCUT2D eigenvalue weighted by Crippen LogP contribution is -2.45. The van der Waals surface area contributed by atoms with Crippen LogP contribution in [-0.2, 0) is 9.59 Å². The molecule has 5 heteroatoms. The maximum atomic E-state index is 12.6. The zero-order valence-corrected chi connectivity index (χ0v) is 12.2. The summed E-state index contributed by atoms with van der Waals surface area (Å²) >= 11 is 0.